The van der Waals surface area contributed by atoms with E-state index in [4.69, 9.17) is 0 Å². The van der Waals surface area contributed by atoms with Gasteiger partial charge in [-0.3, -0.25) is 4.79 Å². The molecular formula is C12H21N5O4S. The highest BCUT2D eigenvalue weighted by molar-refractivity contribution is 7.86. The number of H-pyrrole nitrogens is 2. The number of aromatic nitrogens is 2. The Kier molecular flexibility index (Phi) is 4.73. The van der Waals surface area contributed by atoms with Crippen molar-refractivity contribution in [2.24, 2.45) is 0 Å². The fourth-order valence-corrected chi connectivity index (χ4v) is 3.71. The van der Waals surface area contributed by atoms with Crippen LogP contribution < -0.4 is 5.69 Å². The number of rotatable bonds is 4. The highest BCUT2D eigenvalue weighted by Crippen LogP contribution is 2.14. The molecule has 9 nitrogen and oxygen atoms in total. The summed E-state index contributed by atoms with van der Waals surface area (Å²) in [4.78, 5) is 29.5. The maximum Gasteiger partial charge on any atom is 0.323 e. The van der Waals surface area contributed by atoms with E-state index in [1.54, 1.807) is 20.9 Å². The summed E-state index contributed by atoms with van der Waals surface area (Å²) in [5, 5.41) is 0. The molecule has 0 spiro atoms. The molecule has 1 amide bonds. The third-order valence-electron chi connectivity index (χ3n) is 3.77. The van der Waals surface area contributed by atoms with Crippen LogP contribution in [0.15, 0.2) is 11.0 Å². The maximum atomic E-state index is 12.4. The number of aromatic amines is 2. The molecule has 124 valence electrons. The summed E-state index contributed by atoms with van der Waals surface area (Å²) in [5.41, 5.74) is -0.260. The number of carbonyl (C=O) groups is 1. The number of piperazine rings is 1. The smallest absolute Gasteiger partial charge is 0.323 e. The van der Waals surface area contributed by atoms with E-state index in [-0.39, 0.29) is 43.8 Å². The predicted octanol–water partition coefficient (Wildman–Crippen LogP) is -0.954. The van der Waals surface area contributed by atoms with Crippen molar-refractivity contribution in [3.63, 3.8) is 0 Å². The number of imidazole rings is 1. The number of hydrogen-bond acceptors (Lipinski definition) is 4. The minimum Gasteiger partial charge on any atom is -0.335 e. The fraction of sp³-hybridized carbons (Fsp3) is 0.667. The van der Waals surface area contributed by atoms with Crippen LogP contribution in [-0.2, 0) is 10.2 Å². The summed E-state index contributed by atoms with van der Waals surface area (Å²) in [7, 11) is -1.96. The number of nitrogens with zero attached hydrogens (tertiary/aromatic N) is 3. The Balaban J connectivity index is 2.01. The molecule has 0 saturated carbocycles. The molecule has 1 aromatic heterocycles. The molecule has 2 N–H and O–H groups in total. The Bertz CT molecular complexity index is 684. The van der Waals surface area contributed by atoms with Crippen molar-refractivity contribution in [1.82, 2.24) is 23.5 Å². The molecule has 1 fully saturated rings. The Morgan fingerprint density at radius 1 is 1.27 bits per heavy atom. The zero-order valence-corrected chi connectivity index (χ0v) is 13.7. The highest BCUT2D eigenvalue weighted by Gasteiger charge is 2.33. The monoisotopic (exact) mass is 331 g/mol. The van der Waals surface area contributed by atoms with E-state index in [1.807, 2.05) is 0 Å². The third-order valence-corrected chi connectivity index (χ3v) is 5.94. The Morgan fingerprint density at radius 2 is 1.86 bits per heavy atom. The Labute approximate surface area is 129 Å². The van der Waals surface area contributed by atoms with E-state index >= 15 is 0 Å². The van der Waals surface area contributed by atoms with Gasteiger partial charge in [-0.2, -0.15) is 17.0 Å². The molecule has 22 heavy (non-hydrogen) atoms. The summed E-state index contributed by atoms with van der Waals surface area (Å²) in [6, 6.07) is -0.130. The van der Waals surface area contributed by atoms with E-state index in [1.165, 1.54) is 19.7 Å². The molecule has 0 unspecified atom stereocenters. The van der Waals surface area contributed by atoms with E-state index in [0.717, 1.165) is 0 Å². The standard InChI is InChI=1S/C12H21N5O4S/c1-9(2)15(3)22(20,21)17-6-4-16(5-7-17)11(18)10-8-13-12(19)14-10/h8-9H,4-7H2,1-3H3,(H2,13,14,19). The van der Waals surface area contributed by atoms with Crippen LogP contribution in [0.3, 0.4) is 0 Å². The second kappa shape index (κ2) is 6.23. The molecule has 0 aliphatic carbocycles. The van der Waals surface area contributed by atoms with Crippen LogP contribution in [0.2, 0.25) is 0 Å². The summed E-state index contributed by atoms with van der Waals surface area (Å²) in [5.74, 6) is -0.312. The number of carbonyl (C=O) groups excluding carboxylic acids is 1. The van der Waals surface area contributed by atoms with Crippen LogP contribution in [0, 0.1) is 0 Å². The largest absolute Gasteiger partial charge is 0.335 e. The van der Waals surface area contributed by atoms with Gasteiger partial charge in [-0.15, -0.1) is 0 Å². The van der Waals surface area contributed by atoms with Crippen molar-refractivity contribution >= 4 is 16.1 Å². The lowest BCUT2D eigenvalue weighted by atomic mass is 10.3. The first kappa shape index (κ1) is 16.7. The van der Waals surface area contributed by atoms with Crippen LogP contribution in [0.5, 0.6) is 0 Å². The van der Waals surface area contributed by atoms with Gasteiger partial charge in [0.15, 0.2) is 0 Å². The molecule has 0 aromatic carbocycles. The third kappa shape index (κ3) is 3.23. The lowest BCUT2D eigenvalue weighted by Gasteiger charge is -2.36. The first-order chi connectivity index (χ1) is 10.2. The zero-order chi connectivity index (χ0) is 16.5. The van der Waals surface area contributed by atoms with Crippen LogP contribution >= 0.6 is 0 Å². The normalized spacial score (nSPS) is 17.4. The molecule has 1 aliphatic heterocycles. The van der Waals surface area contributed by atoms with E-state index in [0.29, 0.717) is 0 Å². The van der Waals surface area contributed by atoms with Gasteiger partial charge in [0.25, 0.3) is 16.1 Å². The van der Waals surface area contributed by atoms with Gasteiger partial charge in [-0.05, 0) is 13.8 Å². The number of amides is 1. The quantitative estimate of drug-likeness (QED) is 0.741. The number of hydrogen-bond donors (Lipinski definition) is 2. The first-order valence-corrected chi connectivity index (χ1v) is 8.43. The summed E-state index contributed by atoms with van der Waals surface area (Å²) < 4.78 is 27.4. The fourth-order valence-electron chi connectivity index (χ4n) is 2.19. The van der Waals surface area contributed by atoms with Gasteiger partial charge < -0.3 is 14.9 Å². The lowest BCUT2D eigenvalue weighted by molar-refractivity contribution is 0.0688. The van der Waals surface area contributed by atoms with Gasteiger partial charge >= 0.3 is 5.69 Å². The van der Waals surface area contributed by atoms with Crippen molar-refractivity contribution < 1.29 is 13.2 Å². The second-order valence-corrected chi connectivity index (χ2v) is 7.45. The summed E-state index contributed by atoms with van der Waals surface area (Å²) >= 11 is 0. The van der Waals surface area contributed by atoms with Gasteiger partial charge in [0.2, 0.25) is 0 Å². The SMILES string of the molecule is CC(C)N(C)S(=O)(=O)N1CCN(C(=O)c2c[nH]c(=O)[nH]2)CC1. The van der Waals surface area contributed by atoms with E-state index < -0.39 is 15.9 Å². The van der Waals surface area contributed by atoms with Crippen molar-refractivity contribution in [3.05, 3.63) is 22.4 Å². The molecule has 1 aromatic rings. The van der Waals surface area contributed by atoms with Gasteiger partial charge in [0.1, 0.15) is 5.69 Å². The molecule has 1 saturated heterocycles. The van der Waals surface area contributed by atoms with Gasteiger partial charge in [0.05, 0.1) is 0 Å². The molecule has 1 aliphatic rings. The summed E-state index contributed by atoms with van der Waals surface area (Å²) in [6.45, 7) is 4.66. The van der Waals surface area contributed by atoms with Crippen molar-refractivity contribution in [2.75, 3.05) is 33.2 Å². The average Bonchev–Trinajstić information content (AvgIpc) is 2.92. The molecule has 0 atom stereocenters. The topological polar surface area (TPSA) is 110 Å². The van der Waals surface area contributed by atoms with Crippen molar-refractivity contribution in [2.45, 2.75) is 19.9 Å². The highest BCUT2D eigenvalue weighted by atomic mass is 32.2. The van der Waals surface area contributed by atoms with Crippen LogP contribution in [0.4, 0.5) is 0 Å². The lowest BCUT2D eigenvalue weighted by Crippen LogP contribution is -2.54. The number of nitrogens with one attached hydrogen (secondary N) is 2. The van der Waals surface area contributed by atoms with Crippen LogP contribution in [-0.4, -0.2) is 77.1 Å². The zero-order valence-electron chi connectivity index (χ0n) is 12.9. The molecular weight excluding hydrogens is 310 g/mol. The molecule has 0 bridgehead atoms. The predicted molar refractivity (Wildman–Crippen MR) is 80.7 cm³/mol. The average molecular weight is 331 g/mol. The first-order valence-electron chi connectivity index (χ1n) is 7.03. The van der Waals surface area contributed by atoms with Gasteiger partial charge in [-0.25, -0.2) is 4.79 Å². The molecule has 2 rings (SSSR count). The minimum atomic E-state index is -3.51. The van der Waals surface area contributed by atoms with Gasteiger partial charge in [-0.1, -0.05) is 0 Å². The molecule has 10 heteroatoms. The van der Waals surface area contributed by atoms with Crippen LogP contribution in [0.25, 0.3) is 0 Å². The van der Waals surface area contributed by atoms with Crippen molar-refractivity contribution in [1.29, 1.82) is 0 Å². The van der Waals surface area contributed by atoms with Crippen molar-refractivity contribution in [3.8, 4) is 0 Å². The summed E-state index contributed by atoms with van der Waals surface area (Å²) in [6.07, 6.45) is 1.32. The maximum absolute atomic E-state index is 12.4. The van der Waals surface area contributed by atoms with E-state index in [9.17, 15) is 18.0 Å². The van der Waals surface area contributed by atoms with Crippen LogP contribution in [0.1, 0.15) is 24.3 Å². The Hall–Kier alpha value is -1.65. The van der Waals surface area contributed by atoms with E-state index in [2.05, 4.69) is 9.97 Å². The Morgan fingerprint density at radius 3 is 2.32 bits per heavy atom. The van der Waals surface area contributed by atoms with Gasteiger partial charge in [0, 0.05) is 45.5 Å². The second-order valence-electron chi connectivity index (χ2n) is 5.47. The molecule has 0 radical (unpaired) electrons. The molecule has 2 heterocycles. The minimum absolute atomic E-state index is 0.130.